The minimum Gasteiger partial charge on any atom is -0.300 e. The number of benzene rings is 2. The number of rotatable bonds is 3. The van der Waals surface area contributed by atoms with Gasteiger partial charge in [-0.1, -0.05) is 29.8 Å². The Hall–Kier alpha value is -2.47. The zero-order chi connectivity index (χ0) is 17.3. The Kier molecular flexibility index (Phi) is 4.24. The maximum atomic E-state index is 14.0. The lowest BCUT2D eigenvalue weighted by molar-refractivity contribution is 0.0979. The summed E-state index contributed by atoms with van der Waals surface area (Å²) >= 11 is 0. The van der Waals surface area contributed by atoms with Crippen LogP contribution in [0.5, 0.6) is 0 Å². The van der Waals surface area contributed by atoms with Crippen molar-refractivity contribution in [2.45, 2.75) is 13.0 Å². The maximum absolute atomic E-state index is 14.0. The molecule has 6 heteroatoms. The molecule has 0 saturated carbocycles. The van der Waals surface area contributed by atoms with Gasteiger partial charge in [0, 0.05) is 11.1 Å². The minimum atomic E-state index is -3.35. The Balaban J connectivity index is 2.05. The molecule has 0 N–H and O–H groups in total. The van der Waals surface area contributed by atoms with Crippen LogP contribution in [0, 0.1) is 12.7 Å². The van der Waals surface area contributed by atoms with E-state index in [0.29, 0.717) is 5.69 Å². The average molecular weight is 345 g/mol. The summed E-state index contributed by atoms with van der Waals surface area (Å²) in [4.78, 5) is 14.2. The molecule has 124 valence electrons. The highest BCUT2D eigenvalue weighted by molar-refractivity contribution is 7.94. The number of carbonyl (C=O) groups excluding carboxylic acids is 1. The molecule has 0 radical (unpaired) electrons. The number of anilines is 1. The number of carbonyl (C=O) groups is 1. The quantitative estimate of drug-likeness (QED) is 0.859. The molecule has 0 fully saturated rings. The number of hydrogen-bond acceptors (Lipinski definition) is 3. The van der Waals surface area contributed by atoms with E-state index in [9.17, 15) is 17.6 Å². The van der Waals surface area contributed by atoms with E-state index in [1.165, 1.54) is 29.2 Å². The van der Waals surface area contributed by atoms with Crippen molar-refractivity contribution in [1.82, 2.24) is 0 Å². The molecule has 0 bridgehead atoms. The standard InChI is InChI=1S/C18H16FNO3S/c1-13-6-8-14(9-7-13)20(15-10-11-24(22,23)12-15)18(21)16-4-2-3-5-17(16)19/h2-11,15H,12H2,1H3. The summed E-state index contributed by atoms with van der Waals surface area (Å²) in [6.07, 6.45) is 1.47. The maximum Gasteiger partial charge on any atom is 0.261 e. The van der Waals surface area contributed by atoms with Crippen LogP contribution in [0.2, 0.25) is 0 Å². The van der Waals surface area contributed by atoms with Crippen LogP contribution in [-0.4, -0.2) is 26.1 Å². The summed E-state index contributed by atoms with van der Waals surface area (Å²) in [7, 11) is -3.35. The Morgan fingerprint density at radius 2 is 1.79 bits per heavy atom. The van der Waals surface area contributed by atoms with Crippen molar-refractivity contribution < 1.29 is 17.6 Å². The molecular formula is C18H16FNO3S. The van der Waals surface area contributed by atoms with Gasteiger partial charge in [-0.3, -0.25) is 4.79 Å². The van der Waals surface area contributed by atoms with Gasteiger partial charge in [0.2, 0.25) is 0 Å². The van der Waals surface area contributed by atoms with Gasteiger partial charge >= 0.3 is 0 Å². The monoisotopic (exact) mass is 345 g/mol. The van der Waals surface area contributed by atoms with Crippen LogP contribution in [0.15, 0.2) is 60.0 Å². The minimum absolute atomic E-state index is 0.0872. The molecule has 0 aromatic heterocycles. The zero-order valence-corrected chi connectivity index (χ0v) is 13.8. The molecule has 1 atom stereocenters. The van der Waals surface area contributed by atoms with E-state index in [1.54, 1.807) is 18.2 Å². The molecule has 1 heterocycles. The molecule has 0 aliphatic carbocycles. The second-order valence-corrected chi connectivity index (χ2v) is 7.65. The molecule has 1 amide bonds. The first-order chi connectivity index (χ1) is 11.4. The van der Waals surface area contributed by atoms with Crippen LogP contribution in [0.4, 0.5) is 10.1 Å². The van der Waals surface area contributed by atoms with Crippen molar-refractivity contribution in [3.8, 4) is 0 Å². The Labute approximate surface area is 140 Å². The van der Waals surface area contributed by atoms with Gasteiger partial charge in [-0.05, 0) is 37.3 Å². The fourth-order valence-electron chi connectivity index (χ4n) is 2.65. The summed E-state index contributed by atoms with van der Waals surface area (Å²) in [5.41, 5.74) is 1.45. The van der Waals surface area contributed by atoms with Crippen LogP contribution in [-0.2, 0) is 9.84 Å². The molecule has 0 spiro atoms. The Morgan fingerprint density at radius 1 is 1.12 bits per heavy atom. The molecule has 4 nitrogen and oxygen atoms in total. The van der Waals surface area contributed by atoms with E-state index in [4.69, 9.17) is 0 Å². The second-order valence-electron chi connectivity index (χ2n) is 5.72. The van der Waals surface area contributed by atoms with Crippen LogP contribution in [0.25, 0.3) is 0 Å². The van der Waals surface area contributed by atoms with Crippen LogP contribution in [0.3, 0.4) is 0 Å². The normalized spacial score (nSPS) is 18.5. The molecule has 1 aliphatic heterocycles. The van der Waals surface area contributed by atoms with E-state index in [2.05, 4.69) is 0 Å². The molecule has 2 aromatic carbocycles. The number of amides is 1. The van der Waals surface area contributed by atoms with Gasteiger partial charge in [0.25, 0.3) is 5.91 Å². The second kappa shape index (κ2) is 6.20. The molecule has 1 aliphatic rings. The van der Waals surface area contributed by atoms with E-state index in [1.807, 2.05) is 19.1 Å². The number of aryl methyl sites for hydroxylation is 1. The fourth-order valence-corrected chi connectivity index (χ4v) is 3.92. The Bertz CT molecular complexity index is 904. The van der Waals surface area contributed by atoms with Gasteiger partial charge < -0.3 is 4.90 Å². The highest BCUT2D eigenvalue weighted by Gasteiger charge is 2.32. The zero-order valence-electron chi connectivity index (χ0n) is 13.0. The fraction of sp³-hybridized carbons (Fsp3) is 0.167. The van der Waals surface area contributed by atoms with Gasteiger partial charge in [0.05, 0.1) is 17.4 Å². The topological polar surface area (TPSA) is 54.5 Å². The third-order valence-electron chi connectivity index (χ3n) is 3.88. The summed E-state index contributed by atoms with van der Waals surface area (Å²) < 4.78 is 37.6. The van der Waals surface area contributed by atoms with Gasteiger partial charge in [0.1, 0.15) is 5.82 Å². The largest absolute Gasteiger partial charge is 0.300 e. The SMILES string of the molecule is Cc1ccc(N(C(=O)c2ccccc2F)C2C=CS(=O)(=O)C2)cc1. The van der Waals surface area contributed by atoms with E-state index < -0.39 is 27.6 Å². The molecule has 0 saturated heterocycles. The first kappa shape index (κ1) is 16.4. The van der Waals surface area contributed by atoms with Crippen LogP contribution >= 0.6 is 0 Å². The van der Waals surface area contributed by atoms with Crippen LogP contribution in [0.1, 0.15) is 15.9 Å². The van der Waals surface area contributed by atoms with Crippen molar-refractivity contribution in [1.29, 1.82) is 0 Å². The summed E-state index contributed by atoms with van der Waals surface area (Å²) in [5.74, 6) is -1.41. The van der Waals surface area contributed by atoms with Gasteiger partial charge in [0.15, 0.2) is 9.84 Å². The smallest absolute Gasteiger partial charge is 0.261 e. The Morgan fingerprint density at radius 3 is 2.38 bits per heavy atom. The third kappa shape index (κ3) is 3.23. The van der Waals surface area contributed by atoms with Gasteiger partial charge in [-0.2, -0.15) is 0 Å². The summed E-state index contributed by atoms with van der Waals surface area (Å²) in [6, 6.07) is 12.1. The number of nitrogens with zero attached hydrogens (tertiary/aromatic N) is 1. The van der Waals surface area contributed by atoms with Crippen molar-refractivity contribution in [3.63, 3.8) is 0 Å². The number of sulfone groups is 1. The predicted octanol–water partition coefficient (Wildman–Crippen LogP) is 3.09. The van der Waals surface area contributed by atoms with Crippen LogP contribution < -0.4 is 4.90 Å². The van der Waals surface area contributed by atoms with E-state index >= 15 is 0 Å². The molecule has 1 unspecified atom stereocenters. The van der Waals surface area contributed by atoms with E-state index in [-0.39, 0.29) is 11.3 Å². The molecule has 2 aromatic rings. The van der Waals surface area contributed by atoms with Crippen molar-refractivity contribution in [2.24, 2.45) is 0 Å². The number of hydrogen-bond donors (Lipinski definition) is 0. The molecule has 3 rings (SSSR count). The lowest BCUT2D eigenvalue weighted by Crippen LogP contribution is -2.41. The van der Waals surface area contributed by atoms with Gasteiger partial charge in [-0.25, -0.2) is 12.8 Å². The average Bonchev–Trinajstić information content (AvgIpc) is 2.89. The first-order valence-corrected chi connectivity index (χ1v) is 9.15. The lowest BCUT2D eigenvalue weighted by Gasteiger charge is -2.28. The highest BCUT2D eigenvalue weighted by Crippen LogP contribution is 2.26. The molecule has 24 heavy (non-hydrogen) atoms. The highest BCUT2D eigenvalue weighted by atomic mass is 32.2. The van der Waals surface area contributed by atoms with Crippen molar-refractivity contribution in [2.75, 3.05) is 10.7 Å². The number of halogens is 1. The van der Waals surface area contributed by atoms with Crippen molar-refractivity contribution in [3.05, 3.63) is 77.0 Å². The predicted molar refractivity (Wildman–Crippen MR) is 91.1 cm³/mol. The molecular weight excluding hydrogens is 329 g/mol. The van der Waals surface area contributed by atoms with E-state index in [0.717, 1.165) is 11.0 Å². The van der Waals surface area contributed by atoms with Gasteiger partial charge in [-0.15, -0.1) is 0 Å². The van der Waals surface area contributed by atoms with Crippen molar-refractivity contribution >= 4 is 21.4 Å². The first-order valence-electron chi connectivity index (χ1n) is 7.43. The third-order valence-corrected chi connectivity index (χ3v) is 5.26. The summed E-state index contributed by atoms with van der Waals surface area (Å²) in [5, 5.41) is 1.10. The lowest BCUT2D eigenvalue weighted by atomic mass is 10.1. The summed E-state index contributed by atoms with van der Waals surface area (Å²) in [6.45, 7) is 1.91.